The van der Waals surface area contributed by atoms with Crippen LogP contribution in [0.3, 0.4) is 0 Å². The monoisotopic (exact) mass is 283 g/mol. The molecule has 0 saturated heterocycles. The van der Waals surface area contributed by atoms with Crippen molar-refractivity contribution in [3.05, 3.63) is 29.3 Å². The molecule has 4 nitrogen and oxygen atoms in total. The van der Waals surface area contributed by atoms with Crippen molar-refractivity contribution >= 4 is 29.2 Å². The van der Waals surface area contributed by atoms with Crippen LogP contribution in [0.25, 0.3) is 0 Å². The Morgan fingerprint density at radius 2 is 2.16 bits per heavy atom. The summed E-state index contributed by atoms with van der Waals surface area (Å²) in [5.41, 5.74) is 0.589. The van der Waals surface area contributed by atoms with Gasteiger partial charge in [-0.3, -0.25) is 9.59 Å². The third kappa shape index (κ3) is 5.75. The molecule has 19 heavy (non-hydrogen) atoms. The van der Waals surface area contributed by atoms with Crippen LogP contribution in [0.4, 0.5) is 5.69 Å². The van der Waals surface area contributed by atoms with E-state index < -0.39 is 12.1 Å². The summed E-state index contributed by atoms with van der Waals surface area (Å²) in [5, 5.41) is 3.23. The molecular formula is C14H18ClNO3. The highest BCUT2D eigenvalue weighted by molar-refractivity contribution is 6.30. The van der Waals surface area contributed by atoms with E-state index in [0.29, 0.717) is 17.1 Å². The largest absolute Gasteiger partial charge is 0.452 e. The normalized spacial score (nSPS) is 11.7. The Morgan fingerprint density at radius 3 is 2.74 bits per heavy atom. The third-order valence-electron chi connectivity index (χ3n) is 2.51. The molecule has 0 aliphatic rings. The van der Waals surface area contributed by atoms with Crippen LogP contribution in [0.15, 0.2) is 24.3 Å². The van der Waals surface area contributed by atoms with Gasteiger partial charge < -0.3 is 10.1 Å². The van der Waals surface area contributed by atoms with Gasteiger partial charge in [-0.15, -0.1) is 0 Å². The number of unbranched alkanes of at least 4 members (excludes halogenated alkanes) is 1. The van der Waals surface area contributed by atoms with E-state index in [2.05, 4.69) is 5.32 Å². The molecule has 1 rings (SSSR count). The lowest BCUT2D eigenvalue weighted by molar-refractivity contribution is -0.152. The maximum Gasteiger partial charge on any atom is 0.303 e. The van der Waals surface area contributed by atoms with E-state index in [1.807, 2.05) is 6.92 Å². The van der Waals surface area contributed by atoms with E-state index in [0.717, 1.165) is 12.8 Å². The lowest BCUT2D eigenvalue weighted by Gasteiger charge is -2.16. The molecule has 0 saturated carbocycles. The van der Waals surface area contributed by atoms with Crippen LogP contribution in [-0.4, -0.2) is 18.0 Å². The molecule has 0 fully saturated rings. The third-order valence-corrected chi connectivity index (χ3v) is 2.75. The number of nitrogens with one attached hydrogen (secondary N) is 1. The van der Waals surface area contributed by atoms with Crippen LogP contribution in [0.1, 0.15) is 33.1 Å². The van der Waals surface area contributed by atoms with Gasteiger partial charge in [-0.1, -0.05) is 31.0 Å². The number of hydrogen-bond acceptors (Lipinski definition) is 3. The number of hydrogen-bond donors (Lipinski definition) is 1. The second kappa shape index (κ2) is 7.79. The molecule has 0 aliphatic heterocycles. The fourth-order valence-corrected chi connectivity index (χ4v) is 1.81. The molecule has 1 atom stereocenters. The number of esters is 1. The van der Waals surface area contributed by atoms with Crippen LogP contribution < -0.4 is 5.32 Å². The summed E-state index contributed by atoms with van der Waals surface area (Å²) in [7, 11) is 0. The van der Waals surface area contributed by atoms with E-state index in [-0.39, 0.29) is 5.91 Å². The smallest absolute Gasteiger partial charge is 0.303 e. The topological polar surface area (TPSA) is 55.4 Å². The lowest BCUT2D eigenvalue weighted by Crippen LogP contribution is -2.32. The molecule has 0 bridgehead atoms. The zero-order valence-corrected chi connectivity index (χ0v) is 11.9. The van der Waals surface area contributed by atoms with Crippen molar-refractivity contribution in [2.24, 2.45) is 0 Å². The van der Waals surface area contributed by atoms with E-state index in [1.165, 1.54) is 6.92 Å². The molecular weight excluding hydrogens is 266 g/mol. The van der Waals surface area contributed by atoms with Gasteiger partial charge in [0.05, 0.1) is 0 Å². The molecule has 0 heterocycles. The molecule has 1 N–H and O–H groups in total. The summed E-state index contributed by atoms with van der Waals surface area (Å²) in [4.78, 5) is 23.0. The number of anilines is 1. The first-order chi connectivity index (χ1) is 9.02. The van der Waals surface area contributed by atoms with Gasteiger partial charge in [0.25, 0.3) is 5.91 Å². The Morgan fingerprint density at radius 1 is 1.42 bits per heavy atom. The number of amides is 1. The van der Waals surface area contributed by atoms with E-state index in [9.17, 15) is 9.59 Å². The maximum atomic E-state index is 12.0. The summed E-state index contributed by atoms with van der Waals surface area (Å²) >= 11 is 5.84. The lowest BCUT2D eigenvalue weighted by atomic mass is 10.1. The summed E-state index contributed by atoms with van der Waals surface area (Å²) in [6.45, 7) is 3.31. The average Bonchev–Trinajstić information content (AvgIpc) is 2.34. The van der Waals surface area contributed by atoms with Gasteiger partial charge in [0.2, 0.25) is 0 Å². The van der Waals surface area contributed by atoms with Crippen molar-refractivity contribution in [1.82, 2.24) is 0 Å². The summed E-state index contributed by atoms with van der Waals surface area (Å²) in [5.74, 6) is -0.784. The first kappa shape index (κ1) is 15.5. The van der Waals surface area contributed by atoms with E-state index in [1.54, 1.807) is 24.3 Å². The molecule has 1 amide bonds. The van der Waals surface area contributed by atoms with Crippen molar-refractivity contribution in [2.75, 3.05) is 5.32 Å². The summed E-state index contributed by atoms with van der Waals surface area (Å²) in [6, 6.07) is 6.83. The van der Waals surface area contributed by atoms with Gasteiger partial charge in [0, 0.05) is 17.6 Å². The van der Waals surface area contributed by atoms with Crippen LogP contribution in [0, 0.1) is 0 Å². The van der Waals surface area contributed by atoms with Gasteiger partial charge in [-0.2, -0.15) is 0 Å². The second-order valence-electron chi connectivity index (χ2n) is 4.24. The minimum absolute atomic E-state index is 0.328. The van der Waals surface area contributed by atoms with Gasteiger partial charge in [0.15, 0.2) is 6.10 Å². The highest BCUT2D eigenvalue weighted by atomic mass is 35.5. The van der Waals surface area contributed by atoms with Gasteiger partial charge >= 0.3 is 5.97 Å². The van der Waals surface area contributed by atoms with Crippen LogP contribution >= 0.6 is 11.6 Å². The van der Waals surface area contributed by atoms with Crippen LogP contribution in [0.2, 0.25) is 5.02 Å². The number of rotatable bonds is 6. The van der Waals surface area contributed by atoms with Gasteiger partial charge in [-0.25, -0.2) is 0 Å². The van der Waals surface area contributed by atoms with Crippen molar-refractivity contribution < 1.29 is 14.3 Å². The number of carbonyl (C=O) groups excluding carboxylic acids is 2. The molecule has 104 valence electrons. The number of carbonyl (C=O) groups is 2. The first-order valence-electron chi connectivity index (χ1n) is 6.26. The van der Waals surface area contributed by atoms with Crippen molar-refractivity contribution in [2.45, 2.75) is 39.2 Å². The Hall–Kier alpha value is -1.55. The molecule has 1 aromatic rings. The average molecular weight is 284 g/mol. The quantitative estimate of drug-likeness (QED) is 0.814. The number of benzene rings is 1. The fourth-order valence-electron chi connectivity index (χ4n) is 1.62. The predicted octanol–water partition coefficient (Wildman–Crippen LogP) is 3.40. The minimum atomic E-state index is -0.753. The molecule has 0 aromatic heterocycles. The van der Waals surface area contributed by atoms with Crippen molar-refractivity contribution in [3.63, 3.8) is 0 Å². The van der Waals surface area contributed by atoms with E-state index >= 15 is 0 Å². The molecule has 1 unspecified atom stereocenters. The summed E-state index contributed by atoms with van der Waals surface area (Å²) < 4.78 is 5.03. The van der Waals surface area contributed by atoms with Crippen molar-refractivity contribution in [1.29, 1.82) is 0 Å². The first-order valence-corrected chi connectivity index (χ1v) is 6.64. The Labute approximate surface area is 118 Å². The number of halogens is 1. The summed E-state index contributed by atoms with van der Waals surface area (Å²) in [6.07, 6.45) is 1.52. The standard InChI is InChI=1S/C14H18ClNO3/c1-3-4-8-13(19-10(2)17)14(18)16-12-7-5-6-11(15)9-12/h5-7,9,13H,3-4,8H2,1-2H3,(H,16,18). The molecule has 0 spiro atoms. The minimum Gasteiger partial charge on any atom is -0.452 e. The highest BCUT2D eigenvalue weighted by Crippen LogP contribution is 2.16. The zero-order valence-electron chi connectivity index (χ0n) is 11.1. The highest BCUT2D eigenvalue weighted by Gasteiger charge is 2.21. The molecule has 1 aromatic carbocycles. The Kier molecular flexibility index (Phi) is 6.36. The number of ether oxygens (including phenoxy) is 1. The van der Waals surface area contributed by atoms with Crippen LogP contribution in [0.5, 0.6) is 0 Å². The zero-order chi connectivity index (χ0) is 14.3. The second-order valence-corrected chi connectivity index (χ2v) is 4.68. The molecule has 5 heteroatoms. The Bertz CT molecular complexity index is 448. The molecule has 0 radical (unpaired) electrons. The molecule has 0 aliphatic carbocycles. The fraction of sp³-hybridized carbons (Fsp3) is 0.429. The van der Waals surface area contributed by atoms with Crippen LogP contribution in [-0.2, 0) is 14.3 Å². The maximum absolute atomic E-state index is 12.0. The predicted molar refractivity (Wildman–Crippen MR) is 75.2 cm³/mol. The van der Waals surface area contributed by atoms with Gasteiger partial charge in [0.1, 0.15) is 0 Å². The van der Waals surface area contributed by atoms with E-state index in [4.69, 9.17) is 16.3 Å². The Balaban J connectivity index is 2.67. The van der Waals surface area contributed by atoms with Gasteiger partial charge in [-0.05, 0) is 31.0 Å². The van der Waals surface area contributed by atoms with Crippen molar-refractivity contribution in [3.8, 4) is 0 Å². The SMILES string of the molecule is CCCCC(OC(C)=O)C(=O)Nc1cccc(Cl)c1.